The molecule has 1 N–H and O–H groups in total. The minimum Gasteiger partial charge on any atom is -0.350 e. The van der Waals surface area contributed by atoms with Crippen molar-refractivity contribution in [3.05, 3.63) is 29.3 Å². The number of halogens is 1. The van der Waals surface area contributed by atoms with Crippen LogP contribution in [0.4, 0.5) is 5.69 Å². The normalized spacial score (nSPS) is 13.5. The molecule has 1 rings (SSSR count). The molecule has 0 aromatic heterocycles. The number of rotatable bonds is 5. The van der Waals surface area contributed by atoms with Crippen LogP contribution in [0.1, 0.15) is 34.1 Å². The highest BCUT2D eigenvalue weighted by Gasteiger charge is 2.32. The van der Waals surface area contributed by atoms with Gasteiger partial charge in [-0.1, -0.05) is 18.5 Å². The zero-order valence-corrected chi connectivity index (χ0v) is 15.1. The summed E-state index contributed by atoms with van der Waals surface area (Å²) >= 11 is 5.85. The topological polar surface area (TPSA) is 66.5 Å². The van der Waals surface area contributed by atoms with Crippen molar-refractivity contribution in [1.82, 2.24) is 5.32 Å². The first kappa shape index (κ1) is 18.8. The Balaban J connectivity index is 3.25. The largest absolute Gasteiger partial charge is 0.350 e. The quantitative estimate of drug-likeness (QED) is 0.891. The first-order chi connectivity index (χ1) is 9.95. The molecule has 0 bridgehead atoms. The molecule has 1 unspecified atom stereocenters. The Hall–Kier alpha value is -1.27. The van der Waals surface area contributed by atoms with E-state index in [9.17, 15) is 13.2 Å². The number of hydrogen-bond acceptors (Lipinski definition) is 3. The minimum atomic E-state index is -3.61. The van der Waals surface area contributed by atoms with Gasteiger partial charge in [0.15, 0.2) is 0 Å². The number of carbonyl (C=O) groups excluding carboxylic acids is 1. The molecule has 0 saturated carbocycles. The number of benzene rings is 1. The van der Waals surface area contributed by atoms with Crippen molar-refractivity contribution in [1.29, 1.82) is 0 Å². The summed E-state index contributed by atoms with van der Waals surface area (Å²) in [4.78, 5) is 12.5. The third-order valence-electron chi connectivity index (χ3n) is 2.91. The maximum Gasteiger partial charge on any atom is 0.244 e. The molecule has 0 radical (unpaired) electrons. The Labute approximate surface area is 137 Å². The predicted octanol–water partition coefficient (Wildman–Crippen LogP) is 2.80. The molecule has 5 nitrogen and oxygen atoms in total. The Morgan fingerprint density at radius 3 is 2.14 bits per heavy atom. The van der Waals surface area contributed by atoms with Crippen LogP contribution in [0.2, 0.25) is 5.02 Å². The third kappa shape index (κ3) is 5.18. The Morgan fingerprint density at radius 2 is 1.77 bits per heavy atom. The summed E-state index contributed by atoms with van der Waals surface area (Å²) in [7, 11) is -3.61. The van der Waals surface area contributed by atoms with Gasteiger partial charge in [0.2, 0.25) is 15.9 Å². The van der Waals surface area contributed by atoms with E-state index in [1.807, 2.05) is 20.8 Å². The van der Waals surface area contributed by atoms with E-state index < -0.39 is 21.6 Å². The fourth-order valence-electron chi connectivity index (χ4n) is 2.10. The molecular formula is C15H23ClN2O3S. The molecule has 1 aromatic rings. The van der Waals surface area contributed by atoms with Crippen LogP contribution in [0, 0.1) is 0 Å². The zero-order valence-electron chi connectivity index (χ0n) is 13.6. The van der Waals surface area contributed by atoms with E-state index in [0.29, 0.717) is 17.1 Å². The van der Waals surface area contributed by atoms with Crippen molar-refractivity contribution < 1.29 is 13.2 Å². The van der Waals surface area contributed by atoms with Crippen molar-refractivity contribution in [2.75, 3.05) is 10.6 Å². The van der Waals surface area contributed by atoms with Crippen molar-refractivity contribution >= 4 is 33.2 Å². The monoisotopic (exact) mass is 346 g/mol. The highest BCUT2D eigenvalue weighted by molar-refractivity contribution is 7.92. The van der Waals surface area contributed by atoms with Crippen LogP contribution < -0.4 is 9.62 Å². The molecule has 124 valence electrons. The summed E-state index contributed by atoms with van der Waals surface area (Å²) < 4.78 is 25.5. The van der Waals surface area contributed by atoms with Crippen molar-refractivity contribution in [3.8, 4) is 0 Å². The highest BCUT2D eigenvalue weighted by Crippen LogP contribution is 2.24. The minimum absolute atomic E-state index is 0.324. The second-order valence-corrected chi connectivity index (χ2v) is 8.49. The molecule has 0 spiro atoms. The number of carbonyl (C=O) groups is 1. The van der Waals surface area contributed by atoms with Gasteiger partial charge in [0.1, 0.15) is 6.04 Å². The van der Waals surface area contributed by atoms with E-state index in [2.05, 4.69) is 5.32 Å². The molecule has 0 aliphatic rings. The average Bonchev–Trinajstić information content (AvgIpc) is 2.33. The molecule has 1 amide bonds. The van der Waals surface area contributed by atoms with Crippen LogP contribution in [0.3, 0.4) is 0 Å². The smallest absolute Gasteiger partial charge is 0.244 e. The SMILES string of the molecule is CCC(C(=O)NC(C)(C)C)N(c1ccc(Cl)cc1)S(C)(=O)=O. The fourth-order valence-corrected chi connectivity index (χ4v) is 3.44. The molecule has 7 heteroatoms. The maximum atomic E-state index is 12.5. The standard InChI is InChI=1S/C15H23ClN2O3S/c1-6-13(14(19)17-15(2,3)4)18(22(5,20)21)12-9-7-11(16)8-10-12/h7-10,13H,6H2,1-5H3,(H,17,19). The lowest BCUT2D eigenvalue weighted by Crippen LogP contribution is -2.53. The Bertz CT molecular complexity index is 621. The van der Waals surface area contributed by atoms with Gasteiger partial charge in [-0.2, -0.15) is 0 Å². The predicted molar refractivity (Wildman–Crippen MR) is 90.7 cm³/mol. The van der Waals surface area contributed by atoms with Gasteiger partial charge in [-0.25, -0.2) is 8.42 Å². The van der Waals surface area contributed by atoms with Gasteiger partial charge < -0.3 is 5.32 Å². The van der Waals surface area contributed by atoms with Crippen molar-refractivity contribution in [3.63, 3.8) is 0 Å². The van der Waals surface area contributed by atoms with Crippen LogP contribution in [0.25, 0.3) is 0 Å². The number of nitrogens with zero attached hydrogens (tertiary/aromatic N) is 1. The lowest BCUT2D eigenvalue weighted by molar-refractivity contribution is -0.123. The van der Waals surface area contributed by atoms with E-state index in [0.717, 1.165) is 10.6 Å². The lowest BCUT2D eigenvalue weighted by atomic mass is 10.1. The summed E-state index contributed by atoms with van der Waals surface area (Å²) in [5.74, 6) is -0.324. The second-order valence-electron chi connectivity index (χ2n) is 6.20. The first-order valence-corrected chi connectivity index (χ1v) is 9.25. The van der Waals surface area contributed by atoms with Gasteiger partial charge in [-0.05, 0) is 51.5 Å². The summed E-state index contributed by atoms with van der Waals surface area (Å²) in [5.41, 5.74) is -0.0176. The molecular weight excluding hydrogens is 324 g/mol. The first-order valence-electron chi connectivity index (χ1n) is 7.02. The lowest BCUT2D eigenvalue weighted by Gasteiger charge is -2.32. The number of amides is 1. The van der Waals surface area contributed by atoms with Crippen LogP contribution in [0.5, 0.6) is 0 Å². The van der Waals surface area contributed by atoms with E-state index in [1.54, 1.807) is 31.2 Å². The molecule has 0 saturated heterocycles. The van der Waals surface area contributed by atoms with E-state index in [1.165, 1.54) is 0 Å². The summed E-state index contributed by atoms with van der Waals surface area (Å²) in [5, 5.41) is 3.34. The molecule has 0 heterocycles. The number of hydrogen-bond donors (Lipinski definition) is 1. The number of nitrogens with one attached hydrogen (secondary N) is 1. The van der Waals surface area contributed by atoms with Crippen LogP contribution >= 0.6 is 11.6 Å². The van der Waals surface area contributed by atoms with Crippen LogP contribution in [0.15, 0.2) is 24.3 Å². The van der Waals surface area contributed by atoms with Gasteiger partial charge in [-0.3, -0.25) is 9.10 Å². The Kier molecular flexibility index (Phi) is 5.87. The molecule has 0 aliphatic carbocycles. The maximum absolute atomic E-state index is 12.5. The fraction of sp³-hybridized carbons (Fsp3) is 0.533. The molecule has 0 fully saturated rings. The summed E-state index contributed by atoms with van der Waals surface area (Å²) in [6.07, 6.45) is 1.45. The van der Waals surface area contributed by atoms with Crippen molar-refractivity contribution in [2.24, 2.45) is 0 Å². The average molecular weight is 347 g/mol. The van der Waals surface area contributed by atoms with Gasteiger partial charge in [0, 0.05) is 10.6 Å². The number of anilines is 1. The molecule has 22 heavy (non-hydrogen) atoms. The zero-order chi connectivity index (χ0) is 17.1. The Morgan fingerprint density at radius 1 is 1.27 bits per heavy atom. The van der Waals surface area contributed by atoms with Gasteiger partial charge in [0.05, 0.1) is 11.9 Å². The second kappa shape index (κ2) is 6.87. The summed E-state index contributed by atoms with van der Waals surface area (Å²) in [6.45, 7) is 7.33. The highest BCUT2D eigenvalue weighted by atomic mass is 35.5. The van der Waals surface area contributed by atoms with Crippen LogP contribution in [-0.2, 0) is 14.8 Å². The van der Waals surface area contributed by atoms with Gasteiger partial charge >= 0.3 is 0 Å². The van der Waals surface area contributed by atoms with E-state index in [4.69, 9.17) is 11.6 Å². The molecule has 1 atom stereocenters. The van der Waals surface area contributed by atoms with E-state index in [-0.39, 0.29) is 5.91 Å². The van der Waals surface area contributed by atoms with Crippen molar-refractivity contribution in [2.45, 2.75) is 45.7 Å². The number of sulfonamides is 1. The molecule has 1 aromatic carbocycles. The third-order valence-corrected chi connectivity index (χ3v) is 4.34. The van der Waals surface area contributed by atoms with Crippen LogP contribution in [-0.4, -0.2) is 32.2 Å². The van der Waals surface area contributed by atoms with E-state index >= 15 is 0 Å². The summed E-state index contributed by atoms with van der Waals surface area (Å²) in [6, 6.07) is 5.58. The van der Waals surface area contributed by atoms with Gasteiger partial charge in [-0.15, -0.1) is 0 Å². The van der Waals surface area contributed by atoms with Gasteiger partial charge in [0.25, 0.3) is 0 Å². The molecule has 0 aliphatic heterocycles.